The van der Waals surface area contributed by atoms with Crippen molar-refractivity contribution in [3.8, 4) is 22.9 Å². The fourth-order valence-electron chi connectivity index (χ4n) is 2.73. The van der Waals surface area contributed by atoms with Gasteiger partial charge in [-0.3, -0.25) is 4.68 Å². The molecular weight excluding hydrogens is 355 g/mol. The van der Waals surface area contributed by atoms with E-state index in [1.807, 2.05) is 23.7 Å². The van der Waals surface area contributed by atoms with Gasteiger partial charge in [-0.2, -0.15) is 5.10 Å². The molecule has 0 saturated heterocycles. The van der Waals surface area contributed by atoms with Crippen LogP contribution in [0.25, 0.3) is 11.3 Å². The maximum atomic E-state index is 13.6. The number of hydrogen-bond acceptors (Lipinski definition) is 6. The molecule has 0 spiro atoms. The molecule has 0 atom stereocenters. The third kappa shape index (κ3) is 3.32. The number of halogens is 1. The standard InChI is InChI=1S/C18H17FN4O2S/c1-2-24-16-4-3-12(19)9-17(16)26-22-13-10-14-15-5-6-21-23(15)7-8-25-18(14)20-11-13/h3-6,9-11,22H,2,7-8H2,1H3. The molecule has 0 aliphatic carbocycles. The first-order valence-electron chi connectivity index (χ1n) is 8.25. The van der Waals surface area contributed by atoms with Crippen molar-refractivity contribution < 1.29 is 13.9 Å². The Labute approximate surface area is 154 Å². The van der Waals surface area contributed by atoms with Crippen LogP contribution in [0.3, 0.4) is 0 Å². The molecule has 0 fully saturated rings. The second-order valence-corrected chi connectivity index (χ2v) is 6.44. The lowest BCUT2D eigenvalue weighted by atomic mass is 10.2. The van der Waals surface area contributed by atoms with E-state index < -0.39 is 0 Å². The largest absolute Gasteiger partial charge is 0.493 e. The zero-order valence-electron chi connectivity index (χ0n) is 14.1. The number of nitrogens with zero attached hydrogens (tertiary/aromatic N) is 3. The van der Waals surface area contributed by atoms with E-state index in [2.05, 4.69) is 14.8 Å². The van der Waals surface area contributed by atoms with Crippen LogP contribution in [0.2, 0.25) is 0 Å². The number of benzene rings is 1. The van der Waals surface area contributed by atoms with Gasteiger partial charge in [0.25, 0.3) is 0 Å². The second-order valence-electron chi connectivity index (χ2n) is 5.59. The summed E-state index contributed by atoms with van der Waals surface area (Å²) in [6.07, 6.45) is 3.46. The van der Waals surface area contributed by atoms with Gasteiger partial charge in [-0.05, 0) is 49.2 Å². The Hall–Kier alpha value is -2.74. The molecule has 1 N–H and O–H groups in total. The summed E-state index contributed by atoms with van der Waals surface area (Å²) in [5.74, 6) is 0.909. The first kappa shape index (κ1) is 16.7. The molecule has 0 bridgehead atoms. The molecule has 4 rings (SSSR count). The number of aromatic nitrogens is 3. The normalized spacial score (nSPS) is 12.5. The van der Waals surface area contributed by atoms with Crippen LogP contribution in [0.5, 0.6) is 11.6 Å². The van der Waals surface area contributed by atoms with E-state index in [0.29, 0.717) is 36.3 Å². The molecular formula is C18H17FN4O2S. The fraction of sp³-hybridized carbons (Fsp3) is 0.222. The number of rotatable bonds is 5. The lowest BCUT2D eigenvalue weighted by Gasteiger charge is -2.12. The first-order valence-corrected chi connectivity index (χ1v) is 9.06. The average Bonchev–Trinajstić information content (AvgIpc) is 3.04. The highest BCUT2D eigenvalue weighted by Gasteiger charge is 2.18. The van der Waals surface area contributed by atoms with Crippen molar-refractivity contribution in [3.05, 3.63) is 48.5 Å². The maximum absolute atomic E-state index is 13.6. The van der Waals surface area contributed by atoms with Gasteiger partial charge in [0, 0.05) is 6.20 Å². The molecule has 8 heteroatoms. The zero-order valence-corrected chi connectivity index (χ0v) is 14.9. The van der Waals surface area contributed by atoms with Crippen LogP contribution in [-0.2, 0) is 6.54 Å². The highest BCUT2D eigenvalue weighted by Crippen LogP contribution is 2.35. The molecule has 0 amide bonds. The van der Waals surface area contributed by atoms with Crippen LogP contribution in [0, 0.1) is 5.82 Å². The van der Waals surface area contributed by atoms with Crippen LogP contribution < -0.4 is 14.2 Å². The summed E-state index contributed by atoms with van der Waals surface area (Å²) in [7, 11) is 0. The van der Waals surface area contributed by atoms with Crippen molar-refractivity contribution in [3.63, 3.8) is 0 Å². The van der Waals surface area contributed by atoms with Gasteiger partial charge in [0.2, 0.25) is 5.88 Å². The molecule has 6 nitrogen and oxygen atoms in total. The Balaban J connectivity index is 1.59. The highest BCUT2D eigenvalue weighted by atomic mass is 32.2. The quantitative estimate of drug-likeness (QED) is 0.683. The van der Waals surface area contributed by atoms with Crippen LogP contribution >= 0.6 is 11.9 Å². The van der Waals surface area contributed by atoms with Gasteiger partial charge in [0.1, 0.15) is 18.2 Å². The fourth-order valence-corrected chi connectivity index (χ4v) is 3.46. The van der Waals surface area contributed by atoms with Crippen LogP contribution in [-0.4, -0.2) is 28.0 Å². The van der Waals surface area contributed by atoms with Gasteiger partial charge in [-0.15, -0.1) is 0 Å². The van der Waals surface area contributed by atoms with E-state index in [1.165, 1.54) is 24.1 Å². The summed E-state index contributed by atoms with van der Waals surface area (Å²) in [6, 6.07) is 8.35. The molecule has 0 radical (unpaired) electrons. The molecule has 26 heavy (non-hydrogen) atoms. The number of hydrogen-bond donors (Lipinski definition) is 1. The third-order valence-corrected chi connectivity index (χ3v) is 4.75. The van der Waals surface area contributed by atoms with Gasteiger partial charge < -0.3 is 14.2 Å². The van der Waals surface area contributed by atoms with E-state index in [-0.39, 0.29) is 5.82 Å². The molecule has 1 aliphatic rings. The number of pyridine rings is 1. The van der Waals surface area contributed by atoms with E-state index in [1.54, 1.807) is 18.5 Å². The average molecular weight is 372 g/mol. The third-order valence-electron chi connectivity index (χ3n) is 3.87. The van der Waals surface area contributed by atoms with Crippen molar-refractivity contribution in [2.24, 2.45) is 0 Å². The van der Waals surface area contributed by atoms with E-state index >= 15 is 0 Å². The summed E-state index contributed by atoms with van der Waals surface area (Å²) >= 11 is 1.28. The smallest absolute Gasteiger partial charge is 0.223 e. The van der Waals surface area contributed by atoms with Gasteiger partial charge >= 0.3 is 0 Å². The number of nitrogens with one attached hydrogen (secondary N) is 1. The molecule has 134 valence electrons. The summed E-state index contributed by atoms with van der Waals surface area (Å²) < 4.78 is 29.9. The molecule has 1 aliphatic heterocycles. The Morgan fingerprint density at radius 1 is 1.35 bits per heavy atom. The highest BCUT2D eigenvalue weighted by molar-refractivity contribution is 8.00. The Morgan fingerprint density at radius 2 is 2.27 bits per heavy atom. The Bertz CT molecular complexity index is 931. The van der Waals surface area contributed by atoms with E-state index in [0.717, 1.165) is 16.9 Å². The minimum atomic E-state index is -0.310. The second kappa shape index (κ2) is 7.25. The van der Waals surface area contributed by atoms with Gasteiger partial charge in [-0.25, -0.2) is 9.37 Å². The molecule has 3 heterocycles. The molecule has 3 aromatic rings. The maximum Gasteiger partial charge on any atom is 0.223 e. The summed E-state index contributed by atoms with van der Waals surface area (Å²) in [5, 5.41) is 4.31. The van der Waals surface area contributed by atoms with Crippen molar-refractivity contribution >= 4 is 17.6 Å². The van der Waals surface area contributed by atoms with Crippen LogP contribution in [0.1, 0.15) is 6.92 Å². The number of fused-ring (bicyclic) bond motifs is 3. The lowest BCUT2D eigenvalue weighted by molar-refractivity contribution is 0.290. The summed E-state index contributed by atoms with van der Waals surface area (Å²) in [4.78, 5) is 5.07. The summed E-state index contributed by atoms with van der Waals surface area (Å²) in [5.41, 5.74) is 2.60. The molecule has 2 aromatic heterocycles. The lowest BCUT2D eigenvalue weighted by Crippen LogP contribution is -2.06. The topological polar surface area (TPSA) is 61.2 Å². The van der Waals surface area contributed by atoms with Crippen molar-refractivity contribution in [1.29, 1.82) is 0 Å². The van der Waals surface area contributed by atoms with Crippen LogP contribution in [0.15, 0.2) is 47.6 Å². The Kier molecular flexibility index (Phi) is 4.66. The Morgan fingerprint density at radius 3 is 3.15 bits per heavy atom. The first-order chi connectivity index (χ1) is 12.7. The van der Waals surface area contributed by atoms with Gasteiger partial charge in [0.05, 0.1) is 41.2 Å². The van der Waals surface area contributed by atoms with E-state index in [9.17, 15) is 4.39 Å². The minimum absolute atomic E-state index is 0.310. The molecule has 1 aromatic carbocycles. The van der Waals surface area contributed by atoms with Gasteiger partial charge in [0.15, 0.2) is 0 Å². The molecule has 0 saturated carbocycles. The number of ether oxygens (including phenoxy) is 2. The van der Waals surface area contributed by atoms with Crippen molar-refractivity contribution in [1.82, 2.24) is 14.8 Å². The minimum Gasteiger partial charge on any atom is -0.493 e. The zero-order chi connectivity index (χ0) is 17.9. The van der Waals surface area contributed by atoms with E-state index in [4.69, 9.17) is 9.47 Å². The predicted octanol–water partition coefficient (Wildman–Crippen LogP) is 3.99. The molecule has 0 unspecified atom stereocenters. The summed E-state index contributed by atoms with van der Waals surface area (Å²) in [6.45, 7) is 3.61. The number of anilines is 1. The van der Waals surface area contributed by atoms with Crippen molar-refractivity contribution in [2.45, 2.75) is 18.4 Å². The predicted molar refractivity (Wildman–Crippen MR) is 98.0 cm³/mol. The van der Waals surface area contributed by atoms with Crippen molar-refractivity contribution in [2.75, 3.05) is 17.9 Å². The SMILES string of the molecule is CCOc1ccc(F)cc1SNc1cnc2c(c1)-c1ccnn1CCO2. The van der Waals surface area contributed by atoms with Gasteiger partial charge in [-0.1, -0.05) is 0 Å². The van der Waals surface area contributed by atoms with Crippen LogP contribution in [0.4, 0.5) is 10.1 Å². The monoisotopic (exact) mass is 372 g/mol.